The van der Waals surface area contributed by atoms with Crippen LogP contribution in [0.1, 0.15) is 31.7 Å². The van der Waals surface area contributed by atoms with E-state index in [2.05, 4.69) is 23.8 Å². The zero-order chi connectivity index (χ0) is 11.1. The Morgan fingerprint density at radius 2 is 2.33 bits per heavy atom. The average molecular weight is 225 g/mol. The van der Waals surface area contributed by atoms with Gasteiger partial charge in [-0.2, -0.15) is 11.3 Å². The van der Waals surface area contributed by atoms with Gasteiger partial charge in [-0.05, 0) is 47.7 Å². The molecule has 0 radical (unpaired) electrons. The predicted octanol–water partition coefficient (Wildman–Crippen LogP) is 2.62. The third kappa shape index (κ3) is 5.09. The molecule has 1 aromatic heterocycles. The van der Waals surface area contributed by atoms with Gasteiger partial charge < -0.3 is 5.73 Å². The van der Waals surface area contributed by atoms with Crippen molar-refractivity contribution in [3.63, 3.8) is 0 Å². The maximum Gasteiger partial charge on any atom is 0.133 e. The van der Waals surface area contributed by atoms with Gasteiger partial charge in [0.05, 0.1) is 0 Å². The molecule has 0 bridgehead atoms. The van der Waals surface area contributed by atoms with E-state index in [1.807, 2.05) is 0 Å². The lowest BCUT2D eigenvalue weighted by Gasteiger charge is -2.06. The van der Waals surface area contributed by atoms with E-state index in [0.717, 1.165) is 12.8 Å². The highest BCUT2D eigenvalue weighted by Gasteiger charge is 2.06. The van der Waals surface area contributed by atoms with Crippen LogP contribution in [0.15, 0.2) is 16.8 Å². The number of ketones is 1. The topological polar surface area (TPSA) is 43.1 Å². The summed E-state index contributed by atoms with van der Waals surface area (Å²) in [6.07, 6.45) is 3.18. The highest BCUT2D eigenvalue weighted by molar-refractivity contribution is 7.07. The number of hydrogen-bond acceptors (Lipinski definition) is 3. The summed E-state index contributed by atoms with van der Waals surface area (Å²) in [5.74, 6) is 0.830. The molecule has 0 aliphatic rings. The Balaban J connectivity index is 2.14. The molecule has 1 atom stereocenters. The summed E-state index contributed by atoms with van der Waals surface area (Å²) in [4.78, 5) is 11.5. The van der Waals surface area contributed by atoms with Crippen LogP contribution in [0, 0.1) is 5.92 Å². The first-order valence-electron chi connectivity index (χ1n) is 5.45. The fourth-order valence-electron chi connectivity index (χ4n) is 1.37. The van der Waals surface area contributed by atoms with Gasteiger partial charge in [-0.25, -0.2) is 0 Å². The Kier molecular flexibility index (Phi) is 5.58. The molecule has 3 heteroatoms. The van der Waals surface area contributed by atoms with Crippen molar-refractivity contribution in [2.24, 2.45) is 11.7 Å². The lowest BCUT2D eigenvalue weighted by molar-refractivity contribution is -0.119. The zero-order valence-electron chi connectivity index (χ0n) is 9.24. The van der Waals surface area contributed by atoms with Gasteiger partial charge in [0.25, 0.3) is 0 Å². The molecular weight excluding hydrogens is 206 g/mol. The fourth-order valence-corrected chi connectivity index (χ4v) is 2.07. The number of nitrogens with two attached hydrogens (primary N) is 1. The maximum atomic E-state index is 11.5. The highest BCUT2D eigenvalue weighted by atomic mass is 32.1. The molecule has 0 spiro atoms. The first-order valence-corrected chi connectivity index (χ1v) is 6.39. The van der Waals surface area contributed by atoms with Gasteiger partial charge in [0, 0.05) is 12.8 Å². The molecule has 1 heterocycles. The number of hydrogen-bond donors (Lipinski definition) is 1. The number of thiophene rings is 1. The van der Waals surface area contributed by atoms with E-state index in [9.17, 15) is 4.79 Å². The van der Waals surface area contributed by atoms with Gasteiger partial charge in [0.1, 0.15) is 5.78 Å². The fraction of sp³-hybridized carbons (Fsp3) is 0.583. The van der Waals surface area contributed by atoms with E-state index >= 15 is 0 Å². The van der Waals surface area contributed by atoms with Gasteiger partial charge in [-0.3, -0.25) is 4.79 Å². The summed E-state index contributed by atoms with van der Waals surface area (Å²) < 4.78 is 0. The quantitative estimate of drug-likeness (QED) is 0.775. The van der Waals surface area contributed by atoms with Crippen LogP contribution in [-0.4, -0.2) is 12.3 Å². The average Bonchev–Trinajstić information content (AvgIpc) is 2.75. The van der Waals surface area contributed by atoms with Crippen molar-refractivity contribution in [2.45, 2.75) is 32.6 Å². The monoisotopic (exact) mass is 225 g/mol. The van der Waals surface area contributed by atoms with Crippen molar-refractivity contribution in [2.75, 3.05) is 6.54 Å². The Morgan fingerprint density at radius 1 is 1.53 bits per heavy atom. The number of carbonyl (C=O) groups excluding carboxylic acids is 1. The van der Waals surface area contributed by atoms with E-state index < -0.39 is 0 Å². The van der Waals surface area contributed by atoms with Crippen molar-refractivity contribution < 1.29 is 4.79 Å². The summed E-state index contributed by atoms with van der Waals surface area (Å²) in [6, 6.07) is 2.08. The summed E-state index contributed by atoms with van der Waals surface area (Å²) >= 11 is 1.69. The number of rotatable bonds is 7. The molecular formula is C12H19NOS. The van der Waals surface area contributed by atoms with Crippen LogP contribution in [0.25, 0.3) is 0 Å². The van der Waals surface area contributed by atoms with Crippen molar-refractivity contribution in [1.29, 1.82) is 0 Å². The molecule has 84 valence electrons. The van der Waals surface area contributed by atoms with E-state index in [4.69, 9.17) is 5.73 Å². The van der Waals surface area contributed by atoms with Crippen LogP contribution >= 0.6 is 11.3 Å². The molecule has 0 aliphatic carbocycles. The van der Waals surface area contributed by atoms with Crippen molar-refractivity contribution in [1.82, 2.24) is 0 Å². The Hall–Kier alpha value is -0.670. The predicted molar refractivity (Wildman–Crippen MR) is 65.1 cm³/mol. The van der Waals surface area contributed by atoms with Crippen LogP contribution in [0.4, 0.5) is 0 Å². The molecule has 0 fully saturated rings. The Bertz CT molecular complexity index is 282. The van der Waals surface area contributed by atoms with E-state index in [1.54, 1.807) is 11.3 Å². The molecule has 0 saturated heterocycles. The second-order valence-corrected chi connectivity index (χ2v) is 4.83. The van der Waals surface area contributed by atoms with Crippen molar-refractivity contribution in [3.05, 3.63) is 22.4 Å². The number of Topliss-reactive ketones (excluding diaryl/α,β-unsaturated/α-hetero) is 1. The summed E-state index contributed by atoms with van der Waals surface area (Å²) in [7, 11) is 0. The minimum atomic E-state index is 0.363. The Morgan fingerprint density at radius 3 is 2.93 bits per heavy atom. The van der Waals surface area contributed by atoms with Gasteiger partial charge in [-0.1, -0.05) is 6.92 Å². The lowest BCUT2D eigenvalue weighted by atomic mass is 10.0. The third-order valence-electron chi connectivity index (χ3n) is 2.59. The standard InChI is InChI=1S/C12H19NOS/c1-10(8-13)2-4-12(14)5-3-11-6-7-15-9-11/h6-7,9-10H,2-5,8,13H2,1H3. The van der Waals surface area contributed by atoms with Gasteiger partial charge in [-0.15, -0.1) is 0 Å². The first kappa shape index (κ1) is 12.4. The van der Waals surface area contributed by atoms with Crippen molar-refractivity contribution in [3.8, 4) is 0 Å². The van der Waals surface area contributed by atoms with Crippen LogP contribution in [-0.2, 0) is 11.2 Å². The normalized spacial score (nSPS) is 12.7. The second kappa shape index (κ2) is 6.75. The first-order chi connectivity index (χ1) is 7.22. The van der Waals surface area contributed by atoms with Gasteiger partial charge in [0.15, 0.2) is 0 Å². The third-order valence-corrected chi connectivity index (χ3v) is 3.32. The molecule has 0 saturated carbocycles. The minimum absolute atomic E-state index is 0.363. The van der Waals surface area contributed by atoms with Crippen molar-refractivity contribution >= 4 is 17.1 Å². The van der Waals surface area contributed by atoms with E-state index in [-0.39, 0.29) is 0 Å². The molecule has 15 heavy (non-hydrogen) atoms. The molecule has 1 rings (SSSR count). The van der Waals surface area contributed by atoms with E-state index in [1.165, 1.54) is 5.56 Å². The molecule has 1 unspecified atom stereocenters. The zero-order valence-corrected chi connectivity index (χ0v) is 10.1. The lowest BCUT2D eigenvalue weighted by Crippen LogP contribution is -2.12. The van der Waals surface area contributed by atoms with Crippen LogP contribution in [0.2, 0.25) is 0 Å². The van der Waals surface area contributed by atoms with Crippen LogP contribution < -0.4 is 5.73 Å². The molecule has 2 N–H and O–H groups in total. The summed E-state index contributed by atoms with van der Waals surface area (Å²) in [5.41, 5.74) is 6.78. The van der Waals surface area contributed by atoms with E-state index in [0.29, 0.717) is 31.1 Å². The summed E-state index contributed by atoms with van der Waals surface area (Å²) in [5, 5.41) is 4.16. The highest BCUT2D eigenvalue weighted by Crippen LogP contribution is 2.11. The minimum Gasteiger partial charge on any atom is -0.330 e. The van der Waals surface area contributed by atoms with Gasteiger partial charge >= 0.3 is 0 Å². The molecule has 2 nitrogen and oxygen atoms in total. The second-order valence-electron chi connectivity index (χ2n) is 4.05. The van der Waals surface area contributed by atoms with Crippen LogP contribution in [0.3, 0.4) is 0 Å². The molecule has 0 aromatic carbocycles. The molecule has 1 aromatic rings. The summed E-state index contributed by atoms with van der Waals surface area (Å²) in [6.45, 7) is 2.77. The van der Waals surface area contributed by atoms with Crippen LogP contribution in [0.5, 0.6) is 0 Å². The molecule has 0 amide bonds. The smallest absolute Gasteiger partial charge is 0.133 e. The largest absolute Gasteiger partial charge is 0.330 e. The number of carbonyl (C=O) groups is 1. The molecule has 0 aliphatic heterocycles. The van der Waals surface area contributed by atoms with Gasteiger partial charge in [0.2, 0.25) is 0 Å². The Labute approximate surface area is 95.5 Å². The number of aryl methyl sites for hydroxylation is 1. The maximum absolute atomic E-state index is 11.5. The SMILES string of the molecule is CC(CN)CCC(=O)CCc1ccsc1.